The molecule has 0 unspecified atom stereocenters. The number of nitrogens with zero attached hydrogens (tertiary/aromatic N) is 1. The van der Waals surface area contributed by atoms with E-state index >= 15 is 0 Å². The van der Waals surface area contributed by atoms with Crippen LogP contribution in [0.2, 0.25) is 0 Å². The lowest BCUT2D eigenvalue weighted by atomic mass is 10.1. The molecule has 0 radical (unpaired) electrons. The highest BCUT2D eigenvalue weighted by molar-refractivity contribution is 6.06. The Bertz CT molecular complexity index is 839. The van der Waals surface area contributed by atoms with Crippen molar-refractivity contribution in [2.75, 3.05) is 0 Å². The van der Waals surface area contributed by atoms with Crippen molar-refractivity contribution < 1.29 is 9.21 Å². The maximum atomic E-state index is 12.4. The number of hydrogen-bond acceptors (Lipinski definition) is 3. The second-order valence-corrected chi connectivity index (χ2v) is 5.54. The maximum absolute atomic E-state index is 12.4. The van der Waals surface area contributed by atoms with E-state index in [-0.39, 0.29) is 12.5 Å². The van der Waals surface area contributed by atoms with E-state index in [1.807, 2.05) is 45.9 Å². The van der Waals surface area contributed by atoms with Crippen molar-refractivity contribution in [1.82, 2.24) is 15.3 Å². The SMILES string of the molecule is Cc1nc(CNC(=O)c2cccc3c(C)c(C)[nH]c23)oc1C. The summed E-state index contributed by atoms with van der Waals surface area (Å²) in [5.41, 5.74) is 4.60. The highest BCUT2D eigenvalue weighted by atomic mass is 16.4. The Hall–Kier alpha value is -2.56. The Balaban J connectivity index is 1.84. The van der Waals surface area contributed by atoms with Gasteiger partial charge in [-0.05, 0) is 39.3 Å². The van der Waals surface area contributed by atoms with Crippen molar-refractivity contribution in [2.45, 2.75) is 34.2 Å². The smallest absolute Gasteiger partial charge is 0.253 e. The Kier molecular flexibility index (Phi) is 3.48. The number of aromatic amines is 1. The van der Waals surface area contributed by atoms with Crippen LogP contribution in [-0.4, -0.2) is 15.9 Å². The van der Waals surface area contributed by atoms with Gasteiger partial charge in [-0.15, -0.1) is 0 Å². The summed E-state index contributed by atoms with van der Waals surface area (Å²) in [6.45, 7) is 8.08. The van der Waals surface area contributed by atoms with Gasteiger partial charge in [0.25, 0.3) is 5.91 Å². The molecule has 0 fully saturated rings. The molecule has 2 heterocycles. The number of aryl methyl sites for hydroxylation is 4. The molecule has 0 saturated heterocycles. The molecule has 0 aliphatic carbocycles. The van der Waals surface area contributed by atoms with E-state index in [1.165, 1.54) is 5.56 Å². The quantitative estimate of drug-likeness (QED) is 0.779. The van der Waals surface area contributed by atoms with Crippen LogP contribution >= 0.6 is 0 Å². The molecule has 0 spiro atoms. The van der Waals surface area contributed by atoms with Crippen molar-refractivity contribution in [3.63, 3.8) is 0 Å². The van der Waals surface area contributed by atoms with Crippen LogP contribution in [0.4, 0.5) is 0 Å². The first kappa shape index (κ1) is 14.4. The van der Waals surface area contributed by atoms with E-state index in [0.29, 0.717) is 11.5 Å². The van der Waals surface area contributed by atoms with E-state index in [0.717, 1.165) is 28.1 Å². The van der Waals surface area contributed by atoms with Crippen LogP contribution in [0.15, 0.2) is 22.6 Å². The van der Waals surface area contributed by atoms with E-state index < -0.39 is 0 Å². The Morgan fingerprint density at radius 3 is 2.73 bits per heavy atom. The third-order valence-electron chi connectivity index (χ3n) is 4.06. The van der Waals surface area contributed by atoms with Crippen LogP contribution in [0.1, 0.15) is 39.0 Å². The number of carbonyl (C=O) groups excluding carboxylic acids is 1. The second kappa shape index (κ2) is 5.33. The molecular formula is C17H19N3O2. The monoisotopic (exact) mass is 297 g/mol. The average Bonchev–Trinajstić information content (AvgIpc) is 2.97. The van der Waals surface area contributed by atoms with Gasteiger partial charge in [0.05, 0.1) is 23.3 Å². The highest BCUT2D eigenvalue weighted by Gasteiger charge is 2.14. The topological polar surface area (TPSA) is 70.9 Å². The van der Waals surface area contributed by atoms with Gasteiger partial charge in [-0.3, -0.25) is 4.79 Å². The predicted molar refractivity (Wildman–Crippen MR) is 84.9 cm³/mol. The van der Waals surface area contributed by atoms with Crippen LogP contribution in [-0.2, 0) is 6.54 Å². The van der Waals surface area contributed by atoms with Crippen LogP contribution in [0, 0.1) is 27.7 Å². The van der Waals surface area contributed by atoms with Crippen LogP contribution in [0.3, 0.4) is 0 Å². The van der Waals surface area contributed by atoms with Gasteiger partial charge in [0, 0.05) is 11.1 Å². The first-order valence-corrected chi connectivity index (χ1v) is 7.26. The molecule has 114 valence electrons. The van der Waals surface area contributed by atoms with E-state index in [2.05, 4.69) is 15.3 Å². The van der Waals surface area contributed by atoms with Crippen molar-refractivity contribution in [2.24, 2.45) is 0 Å². The number of carbonyl (C=O) groups is 1. The summed E-state index contributed by atoms with van der Waals surface area (Å²) in [6, 6.07) is 5.74. The molecule has 0 bridgehead atoms. The van der Waals surface area contributed by atoms with Gasteiger partial charge in [-0.25, -0.2) is 4.98 Å². The lowest BCUT2D eigenvalue weighted by Crippen LogP contribution is -2.23. The minimum Gasteiger partial charge on any atom is -0.444 e. The Morgan fingerprint density at radius 1 is 1.27 bits per heavy atom. The van der Waals surface area contributed by atoms with E-state index in [1.54, 1.807) is 0 Å². The van der Waals surface area contributed by atoms with Gasteiger partial charge < -0.3 is 14.7 Å². The summed E-state index contributed by atoms with van der Waals surface area (Å²) >= 11 is 0. The van der Waals surface area contributed by atoms with Crippen LogP contribution < -0.4 is 5.32 Å². The third-order valence-corrected chi connectivity index (χ3v) is 4.06. The Morgan fingerprint density at radius 2 is 2.05 bits per heavy atom. The minimum atomic E-state index is -0.139. The van der Waals surface area contributed by atoms with Crippen molar-refractivity contribution in [3.8, 4) is 0 Å². The molecule has 1 aromatic carbocycles. The number of fused-ring (bicyclic) bond motifs is 1. The number of aromatic nitrogens is 2. The zero-order valence-corrected chi connectivity index (χ0v) is 13.2. The largest absolute Gasteiger partial charge is 0.444 e. The number of amides is 1. The molecule has 3 rings (SSSR count). The number of benzene rings is 1. The highest BCUT2D eigenvalue weighted by Crippen LogP contribution is 2.24. The predicted octanol–water partition coefficient (Wildman–Crippen LogP) is 3.32. The van der Waals surface area contributed by atoms with Crippen molar-refractivity contribution in [3.05, 3.63) is 52.4 Å². The molecule has 2 aromatic heterocycles. The summed E-state index contributed by atoms with van der Waals surface area (Å²) < 4.78 is 5.48. The van der Waals surface area contributed by atoms with E-state index in [9.17, 15) is 4.79 Å². The summed E-state index contributed by atoms with van der Waals surface area (Å²) in [5.74, 6) is 1.16. The number of H-pyrrole nitrogens is 1. The van der Waals surface area contributed by atoms with Crippen molar-refractivity contribution >= 4 is 16.8 Å². The fraction of sp³-hybridized carbons (Fsp3) is 0.294. The molecule has 5 heteroatoms. The standard InChI is InChI=1S/C17H19N3O2/c1-9-10(2)20-16-13(9)6-5-7-14(16)17(21)18-8-15-19-11(3)12(4)22-15/h5-7,20H,8H2,1-4H3,(H,18,21). The molecule has 0 aliphatic rings. The lowest BCUT2D eigenvalue weighted by Gasteiger charge is -2.04. The third kappa shape index (κ3) is 2.39. The zero-order chi connectivity index (χ0) is 15.9. The number of hydrogen-bond donors (Lipinski definition) is 2. The lowest BCUT2D eigenvalue weighted by molar-refractivity contribution is 0.0948. The Labute approximate surface area is 128 Å². The van der Waals surface area contributed by atoms with Crippen LogP contribution in [0.5, 0.6) is 0 Å². The van der Waals surface area contributed by atoms with Gasteiger partial charge in [-0.2, -0.15) is 0 Å². The number of rotatable bonds is 3. The fourth-order valence-electron chi connectivity index (χ4n) is 2.54. The van der Waals surface area contributed by atoms with Gasteiger partial charge in [0.15, 0.2) is 0 Å². The minimum absolute atomic E-state index is 0.139. The summed E-state index contributed by atoms with van der Waals surface area (Å²) in [6.07, 6.45) is 0. The number of oxazole rings is 1. The molecule has 1 amide bonds. The zero-order valence-electron chi connectivity index (χ0n) is 13.2. The molecule has 0 aliphatic heterocycles. The van der Waals surface area contributed by atoms with Gasteiger partial charge in [0.2, 0.25) is 5.89 Å². The van der Waals surface area contributed by atoms with Gasteiger partial charge >= 0.3 is 0 Å². The molecule has 5 nitrogen and oxygen atoms in total. The van der Waals surface area contributed by atoms with Crippen molar-refractivity contribution in [1.29, 1.82) is 0 Å². The van der Waals surface area contributed by atoms with E-state index in [4.69, 9.17) is 4.42 Å². The maximum Gasteiger partial charge on any atom is 0.253 e. The molecule has 2 N–H and O–H groups in total. The summed E-state index contributed by atoms with van der Waals surface area (Å²) in [7, 11) is 0. The molecule has 0 atom stereocenters. The normalized spacial score (nSPS) is 11.1. The summed E-state index contributed by atoms with van der Waals surface area (Å²) in [4.78, 5) is 20.0. The summed E-state index contributed by atoms with van der Waals surface area (Å²) in [5, 5.41) is 3.94. The molecule has 22 heavy (non-hydrogen) atoms. The fourth-order valence-corrected chi connectivity index (χ4v) is 2.54. The number of para-hydroxylation sites is 1. The van der Waals surface area contributed by atoms with Gasteiger partial charge in [-0.1, -0.05) is 12.1 Å². The van der Waals surface area contributed by atoms with Gasteiger partial charge in [0.1, 0.15) is 5.76 Å². The molecule has 0 saturated carbocycles. The first-order valence-electron chi connectivity index (χ1n) is 7.26. The van der Waals surface area contributed by atoms with Crippen LogP contribution in [0.25, 0.3) is 10.9 Å². The second-order valence-electron chi connectivity index (χ2n) is 5.54. The average molecular weight is 297 g/mol. The molecule has 3 aromatic rings. The number of nitrogens with one attached hydrogen (secondary N) is 2. The molecular weight excluding hydrogens is 278 g/mol. The first-order chi connectivity index (χ1) is 10.5.